The summed E-state index contributed by atoms with van der Waals surface area (Å²) in [6.45, 7) is 10.4. The van der Waals surface area contributed by atoms with Crippen molar-refractivity contribution in [2.75, 3.05) is 6.54 Å². The monoisotopic (exact) mass is 231 g/mol. The van der Waals surface area contributed by atoms with E-state index in [1.165, 1.54) is 36.9 Å². The minimum absolute atomic E-state index is 0.353. The average molecular weight is 231 g/mol. The third-order valence-electron chi connectivity index (χ3n) is 3.60. The molecular formula is C16H25N. The van der Waals surface area contributed by atoms with Gasteiger partial charge in [0.05, 0.1) is 0 Å². The Labute approximate surface area is 106 Å². The first kappa shape index (κ1) is 12.6. The van der Waals surface area contributed by atoms with E-state index in [2.05, 4.69) is 57.3 Å². The summed E-state index contributed by atoms with van der Waals surface area (Å²) in [5, 5.41) is 3.68. The first-order valence-corrected chi connectivity index (χ1v) is 6.69. The molecule has 0 saturated carbocycles. The van der Waals surface area contributed by atoms with Gasteiger partial charge in [-0.2, -0.15) is 0 Å². The molecule has 1 fully saturated rings. The van der Waals surface area contributed by atoms with E-state index in [4.69, 9.17) is 0 Å². The van der Waals surface area contributed by atoms with Crippen LogP contribution in [0.4, 0.5) is 0 Å². The van der Waals surface area contributed by atoms with Gasteiger partial charge in [0.25, 0.3) is 0 Å². The van der Waals surface area contributed by atoms with Crippen molar-refractivity contribution in [3.05, 3.63) is 35.4 Å². The number of hydrogen-bond donors (Lipinski definition) is 1. The van der Waals surface area contributed by atoms with Crippen molar-refractivity contribution in [1.29, 1.82) is 0 Å². The summed E-state index contributed by atoms with van der Waals surface area (Å²) in [6.07, 6.45) is 3.75. The highest BCUT2D eigenvalue weighted by molar-refractivity contribution is 5.25. The predicted octanol–water partition coefficient (Wildman–Crippen LogP) is 3.71. The molecule has 1 aromatic carbocycles. The first-order chi connectivity index (χ1) is 7.89. The molecule has 1 unspecified atom stereocenters. The van der Waals surface area contributed by atoms with Crippen LogP contribution >= 0.6 is 0 Å². The summed E-state index contributed by atoms with van der Waals surface area (Å²) in [7, 11) is 0. The quantitative estimate of drug-likeness (QED) is 0.836. The molecule has 1 aliphatic heterocycles. The zero-order chi connectivity index (χ0) is 12.5. The Morgan fingerprint density at radius 3 is 2.47 bits per heavy atom. The molecule has 1 aromatic rings. The van der Waals surface area contributed by atoms with Crippen LogP contribution in [0.2, 0.25) is 0 Å². The van der Waals surface area contributed by atoms with Crippen molar-refractivity contribution in [1.82, 2.24) is 5.32 Å². The van der Waals surface area contributed by atoms with Crippen LogP contribution in [-0.4, -0.2) is 12.1 Å². The van der Waals surface area contributed by atoms with Crippen molar-refractivity contribution in [3.8, 4) is 0 Å². The third kappa shape index (κ3) is 3.32. The maximum atomic E-state index is 3.68. The SMILES string of the molecule is Cc1cccc(CC2(CC(C)(C)C)CCN2)c1. The summed E-state index contributed by atoms with van der Waals surface area (Å²) in [6, 6.07) is 8.93. The summed E-state index contributed by atoms with van der Waals surface area (Å²) < 4.78 is 0. The van der Waals surface area contributed by atoms with Gasteiger partial charge in [-0.25, -0.2) is 0 Å². The van der Waals surface area contributed by atoms with Gasteiger partial charge >= 0.3 is 0 Å². The van der Waals surface area contributed by atoms with Gasteiger partial charge < -0.3 is 5.32 Å². The van der Waals surface area contributed by atoms with E-state index in [1.54, 1.807) is 0 Å². The zero-order valence-electron chi connectivity index (χ0n) is 11.6. The fourth-order valence-corrected chi connectivity index (χ4v) is 3.07. The third-order valence-corrected chi connectivity index (χ3v) is 3.60. The first-order valence-electron chi connectivity index (χ1n) is 6.69. The fraction of sp³-hybridized carbons (Fsp3) is 0.625. The molecule has 2 rings (SSSR count). The summed E-state index contributed by atoms with van der Waals surface area (Å²) in [5.74, 6) is 0. The van der Waals surface area contributed by atoms with Crippen molar-refractivity contribution >= 4 is 0 Å². The maximum absolute atomic E-state index is 3.68. The second kappa shape index (κ2) is 4.45. The summed E-state index contributed by atoms with van der Waals surface area (Å²) in [4.78, 5) is 0. The number of aryl methyl sites for hydroxylation is 1. The molecule has 0 bridgehead atoms. The molecule has 1 heterocycles. The summed E-state index contributed by atoms with van der Waals surface area (Å²) in [5.41, 5.74) is 3.60. The van der Waals surface area contributed by atoms with Gasteiger partial charge in [-0.15, -0.1) is 0 Å². The molecule has 1 saturated heterocycles. The minimum Gasteiger partial charge on any atom is -0.311 e. The molecule has 1 aliphatic rings. The zero-order valence-corrected chi connectivity index (χ0v) is 11.6. The number of hydrogen-bond acceptors (Lipinski definition) is 1. The lowest BCUT2D eigenvalue weighted by atomic mass is 9.71. The molecule has 0 amide bonds. The number of rotatable bonds is 3. The van der Waals surface area contributed by atoms with Gasteiger partial charge in [-0.1, -0.05) is 50.6 Å². The normalized spacial score (nSPS) is 24.5. The van der Waals surface area contributed by atoms with Gasteiger partial charge in [-0.05, 0) is 43.7 Å². The van der Waals surface area contributed by atoms with Crippen molar-refractivity contribution < 1.29 is 0 Å². The topological polar surface area (TPSA) is 12.0 Å². The van der Waals surface area contributed by atoms with Crippen molar-refractivity contribution in [3.63, 3.8) is 0 Å². The molecule has 0 spiro atoms. The highest BCUT2D eigenvalue weighted by Crippen LogP contribution is 2.36. The second-order valence-electron chi connectivity index (χ2n) is 6.86. The van der Waals surface area contributed by atoms with Crippen LogP contribution in [0.25, 0.3) is 0 Å². The van der Waals surface area contributed by atoms with E-state index in [-0.39, 0.29) is 0 Å². The lowest BCUT2D eigenvalue weighted by molar-refractivity contribution is 0.132. The highest BCUT2D eigenvalue weighted by Gasteiger charge is 2.39. The van der Waals surface area contributed by atoms with E-state index in [9.17, 15) is 0 Å². The van der Waals surface area contributed by atoms with Crippen molar-refractivity contribution in [2.24, 2.45) is 5.41 Å². The maximum Gasteiger partial charge on any atom is 0.0238 e. The Balaban J connectivity index is 2.09. The molecule has 17 heavy (non-hydrogen) atoms. The smallest absolute Gasteiger partial charge is 0.0238 e. The molecule has 1 heteroatoms. The number of nitrogens with one attached hydrogen (secondary N) is 1. The van der Waals surface area contributed by atoms with Gasteiger partial charge in [0.1, 0.15) is 0 Å². The van der Waals surface area contributed by atoms with Crippen LogP contribution in [0.5, 0.6) is 0 Å². The molecule has 1 atom stereocenters. The second-order valence-corrected chi connectivity index (χ2v) is 6.86. The molecule has 1 N–H and O–H groups in total. The highest BCUT2D eigenvalue weighted by atomic mass is 15.0. The van der Waals surface area contributed by atoms with E-state index in [0.717, 1.165) is 0 Å². The van der Waals surface area contributed by atoms with Crippen LogP contribution in [-0.2, 0) is 6.42 Å². The van der Waals surface area contributed by atoms with E-state index >= 15 is 0 Å². The Kier molecular flexibility index (Phi) is 3.31. The Hall–Kier alpha value is -0.820. The average Bonchev–Trinajstić information content (AvgIpc) is 2.12. The molecule has 0 aromatic heterocycles. The largest absolute Gasteiger partial charge is 0.311 e. The predicted molar refractivity (Wildman–Crippen MR) is 74.3 cm³/mol. The number of benzene rings is 1. The van der Waals surface area contributed by atoms with E-state index < -0.39 is 0 Å². The fourth-order valence-electron chi connectivity index (χ4n) is 3.07. The molecular weight excluding hydrogens is 206 g/mol. The molecule has 0 radical (unpaired) electrons. The van der Waals surface area contributed by atoms with E-state index in [0.29, 0.717) is 11.0 Å². The van der Waals surface area contributed by atoms with Crippen LogP contribution in [0.3, 0.4) is 0 Å². The lowest BCUT2D eigenvalue weighted by Gasteiger charge is -2.47. The Morgan fingerprint density at radius 2 is 2.00 bits per heavy atom. The van der Waals surface area contributed by atoms with Crippen LogP contribution in [0.15, 0.2) is 24.3 Å². The Morgan fingerprint density at radius 1 is 1.29 bits per heavy atom. The summed E-state index contributed by atoms with van der Waals surface area (Å²) >= 11 is 0. The lowest BCUT2D eigenvalue weighted by Crippen LogP contribution is -2.59. The Bertz CT molecular complexity index is 383. The van der Waals surface area contributed by atoms with E-state index in [1.807, 2.05) is 0 Å². The van der Waals surface area contributed by atoms with Gasteiger partial charge in [0, 0.05) is 5.54 Å². The molecule has 94 valence electrons. The minimum atomic E-state index is 0.353. The van der Waals surface area contributed by atoms with Crippen molar-refractivity contribution in [2.45, 2.75) is 52.5 Å². The standard InChI is InChI=1S/C16H25N/c1-13-6-5-7-14(10-13)11-16(8-9-17-16)12-15(2,3)4/h5-7,10,17H,8-9,11-12H2,1-4H3. The van der Waals surface area contributed by atoms with Gasteiger partial charge in [-0.3, -0.25) is 0 Å². The van der Waals surface area contributed by atoms with Crippen LogP contribution < -0.4 is 5.32 Å². The molecule has 0 aliphatic carbocycles. The molecule has 1 nitrogen and oxygen atoms in total. The van der Waals surface area contributed by atoms with Crippen LogP contribution in [0, 0.1) is 12.3 Å². The van der Waals surface area contributed by atoms with Crippen LogP contribution in [0.1, 0.15) is 44.7 Å². The van der Waals surface area contributed by atoms with Gasteiger partial charge in [0.2, 0.25) is 0 Å². The van der Waals surface area contributed by atoms with Gasteiger partial charge in [0.15, 0.2) is 0 Å².